The molecular weight excluding hydrogens is 248 g/mol. The van der Waals surface area contributed by atoms with E-state index in [1.54, 1.807) is 7.11 Å². The van der Waals surface area contributed by atoms with E-state index in [9.17, 15) is 0 Å². The zero-order valence-electron chi connectivity index (χ0n) is 10.6. The molecule has 19 heavy (non-hydrogen) atoms. The number of rotatable bonds is 2. The first-order valence-corrected chi connectivity index (χ1v) is 6.52. The summed E-state index contributed by atoms with van der Waals surface area (Å²) in [6, 6.07) is 9.92. The Morgan fingerprint density at radius 3 is 2.63 bits per heavy atom. The molecule has 1 aromatic rings. The van der Waals surface area contributed by atoms with Gasteiger partial charge >= 0.3 is 0 Å². The van der Waals surface area contributed by atoms with Crippen LogP contribution in [0.4, 0.5) is 0 Å². The molecule has 3 fully saturated rings. The third kappa shape index (κ3) is 1.98. The molecule has 5 nitrogen and oxygen atoms in total. The maximum absolute atomic E-state index is 6.00. The minimum Gasteiger partial charge on any atom is -0.361 e. The average Bonchev–Trinajstić information content (AvgIpc) is 3.27. The molecule has 5 heteroatoms. The summed E-state index contributed by atoms with van der Waals surface area (Å²) in [4.78, 5) is 0. The van der Waals surface area contributed by atoms with Crippen LogP contribution >= 0.6 is 0 Å². The summed E-state index contributed by atoms with van der Waals surface area (Å²) in [7, 11) is 1.63. The SMILES string of the molecule is COC1OC2COC(c3ccccc3)OC2C2OC12. The zero-order valence-corrected chi connectivity index (χ0v) is 10.6. The molecule has 0 radical (unpaired) electrons. The van der Waals surface area contributed by atoms with Gasteiger partial charge in [-0.2, -0.15) is 0 Å². The second-order valence-electron chi connectivity index (χ2n) is 5.02. The van der Waals surface area contributed by atoms with Crippen molar-refractivity contribution in [1.29, 1.82) is 0 Å². The van der Waals surface area contributed by atoms with E-state index in [0.29, 0.717) is 6.61 Å². The number of epoxide rings is 1. The van der Waals surface area contributed by atoms with Gasteiger partial charge in [-0.15, -0.1) is 0 Å². The van der Waals surface area contributed by atoms with Crippen LogP contribution < -0.4 is 0 Å². The Kier molecular flexibility index (Phi) is 2.82. The Labute approximate surface area is 111 Å². The smallest absolute Gasteiger partial charge is 0.186 e. The molecule has 0 amide bonds. The van der Waals surface area contributed by atoms with Crippen molar-refractivity contribution in [1.82, 2.24) is 0 Å². The van der Waals surface area contributed by atoms with E-state index in [2.05, 4.69) is 0 Å². The Morgan fingerprint density at radius 1 is 1.00 bits per heavy atom. The van der Waals surface area contributed by atoms with E-state index >= 15 is 0 Å². The maximum atomic E-state index is 6.00. The van der Waals surface area contributed by atoms with E-state index < -0.39 is 0 Å². The van der Waals surface area contributed by atoms with Crippen LogP contribution in [0, 0.1) is 0 Å². The van der Waals surface area contributed by atoms with Gasteiger partial charge in [-0.25, -0.2) is 0 Å². The van der Waals surface area contributed by atoms with Gasteiger partial charge in [0.05, 0.1) is 6.61 Å². The first-order chi connectivity index (χ1) is 9.36. The molecule has 4 rings (SSSR count). The van der Waals surface area contributed by atoms with Crippen LogP contribution in [0.1, 0.15) is 11.9 Å². The maximum Gasteiger partial charge on any atom is 0.186 e. The molecule has 3 saturated heterocycles. The summed E-state index contributed by atoms with van der Waals surface area (Å²) < 4.78 is 28.4. The number of methoxy groups -OCH3 is 1. The highest BCUT2D eigenvalue weighted by atomic mass is 16.8. The highest BCUT2D eigenvalue weighted by Gasteiger charge is 2.60. The fraction of sp³-hybridized carbons (Fsp3) is 0.571. The van der Waals surface area contributed by atoms with Crippen LogP contribution in [0.2, 0.25) is 0 Å². The van der Waals surface area contributed by atoms with Gasteiger partial charge in [-0.05, 0) is 0 Å². The molecule has 102 valence electrons. The van der Waals surface area contributed by atoms with E-state index in [1.165, 1.54) is 0 Å². The lowest BCUT2D eigenvalue weighted by atomic mass is 10.0. The summed E-state index contributed by atoms with van der Waals surface area (Å²) in [6.45, 7) is 0.497. The van der Waals surface area contributed by atoms with Gasteiger partial charge in [0.25, 0.3) is 0 Å². The minimum absolute atomic E-state index is 0.000716. The molecule has 0 aliphatic carbocycles. The lowest BCUT2D eigenvalue weighted by molar-refractivity contribution is -0.304. The average molecular weight is 264 g/mol. The minimum atomic E-state index is -0.338. The van der Waals surface area contributed by atoms with Gasteiger partial charge in [0, 0.05) is 12.7 Å². The van der Waals surface area contributed by atoms with Crippen molar-refractivity contribution in [2.24, 2.45) is 0 Å². The van der Waals surface area contributed by atoms with Gasteiger partial charge in [-0.3, -0.25) is 0 Å². The first kappa shape index (κ1) is 11.8. The van der Waals surface area contributed by atoms with Crippen LogP contribution in [-0.2, 0) is 23.7 Å². The molecule has 0 spiro atoms. The number of hydrogen-bond donors (Lipinski definition) is 0. The number of ether oxygens (including phenoxy) is 5. The van der Waals surface area contributed by atoms with Crippen molar-refractivity contribution in [3.8, 4) is 0 Å². The molecule has 3 heterocycles. The Hall–Kier alpha value is -0.980. The molecule has 1 aromatic carbocycles. The Morgan fingerprint density at radius 2 is 1.84 bits per heavy atom. The highest BCUT2D eigenvalue weighted by molar-refractivity contribution is 5.17. The first-order valence-electron chi connectivity index (χ1n) is 6.52. The summed E-state index contributed by atoms with van der Waals surface area (Å²) in [5.74, 6) is 0. The highest BCUT2D eigenvalue weighted by Crippen LogP contribution is 2.43. The van der Waals surface area contributed by atoms with Crippen LogP contribution in [0.5, 0.6) is 0 Å². The second-order valence-corrected chi connectivity index (χ2v) is 5.02. The number of hydrogen-bond acceptors (Lipinski definition) is 5. The molecule has 0 N–H and O–H groups in total. The van der Waals surface area contributed by atoms with Crippen LogP contribution in [0.25, 0.3) is 0 Å². The molecule has 6 unspecified atom stereocenters. The van der Waals surface area contributed by atoms with Crippen molar-refractivity contribution in [2.75, 3.05) is 13.7 Å². The standard InChI is InChI=1S/C14H16O5/c1-15-14-12-11(18-12)10-9(17-14)7-16-13(19-10)8-5-3-2-4-6-8/h2-6,9-14H,7H2,1H3. The fourth-order valence-electron chi connectivity index (χ4n) is 2.80. The Balaban J connectivity index is 1.50. The molecular formula is C14H16O5. The molecule has 3 aliphatic heterocycles. The van der Waals surface area contributed by atoms with Crippen molar-refractivity contribution < 1.29 is 23.7 Å². The summed E-state index contributed by atoms with van der Waals surface area (Å²) >= 11 is 0. The van der Waals surface area contributed by atoms with Crippen molar-refractivity contribution >= 4 is 0 Å². The monoisotopic (exact) mass is 264 g/mol. The third-order valence-corrected chi connectivity index (χ3v) is 3.83. The van der Waals surface area contributed by atoms with Gasteiger partial charge in [0.1, 0.15) is 24.4 Å². The van der Waals surface area contributed by atoms with E-state index in [1.807, 2.05) is 30.3 Å². The number of fused-ring (bicyclic) bond motifs is 3. The Bertz CT molecular complexity index is 450. The normalized spacial score (nSPS) is 44.3. The predicted molar refractivity (Wildman–Crippen MR) is 64.3 cm³/mol. The molecule has 3 aliphatic rings. The van der Waals surface area contributed by atoms with Gasteiger partial charge in [0.2, 0.25) is 0 Å². The molecule has 6 atom stereocenters. The van der Waals surface area contributed by atoms with Crippen molar-refractivity contribution in [3.05, 3.63) is 35.9 Å². The fourth-order valence-corrected chi connectivity index (χ4v) is 2.80. The van der Waals surface area contributed by atoms with Gasteiger partial charge in [-0.1, -0.05) is 30.3 Å². The summed E-state index contributed by atoms with van der Waals surface area (Å²) in [5, 5.41) is 0. The van der Waals surface area contributed by atoms with Gasteiger partial charge < -0.3 is 23.7 Å². The van der Waals surface area contributed by atoms with Crippen molar-refractivity contribution in [2.45, 2.75) is 37.0 Å². The molecule has 0 bridgehead atoms. The zero-order chi connectivity index (χ0) is 12.8. The topological polar surface area (TPSA) is 49.5 Å². The predicted octanol–water partition coefficient (Wildman–Crippen LogP) is 1.24. The summed E-state index contributed by atoms with van der Waals surface area (Å²) in [6.07, 6.45) is -0.759. The van der Waals surface area contributed by atoms with E-state index in [0.717, 1.165) is 5.56 Å². The van der Waals surface area contributed by atoms with E-state index in [-0.39, 0.29) is 37.0 Å². The van der Waals surface area contributed by atoms with Crippen LogP contribution in [0.15, 0.2) is 30.3 Å². The largest absolute Gasteiger partial charge is 0.361 e. The van der Waals surface area contributed by atoms with E-state index in [4.69, 9.17) is 23.7 Å². The lowest BCUT2D eigenvalue weighted by Gasteiger charge is -2.39. The van der Waals surface area contributed by atoms with Crippen LogP contribution in [-0.4, -0.2) is 44.4 Å². The van der Waals surface area contributed by atoms with Gasteiger partial charge in [0.15, 0.2) is 12.6 Å². The van der Waals surface area contributed by atoms with Crippen LogP contribution in [0.3, 0.4) is 0 Å². The molecule has 0 aromatic heterocycles. The lowest BCUT2D eigenvalue weighted by Crippen LogP contribution is -2.52. The second kappa shape index (κ2) is 4.54. The third-order valence-electron chi connectivity index (χ3n) is 3.83. The van der Waals surface area contributed by atoms with Crippen molar-refractivity contribution in [3.63, 3.8) is 0 Å². The molecule has 0 saturated carbocycles. The quantitative estimate of drug-likeness (QED) is 0.752. The summed E-state index contributed by atoms with van der Waals surface area (Å²) in [5.41, 5.74) is 1.02. The number of benzene rings is 1.